The number of aromatic nitrogens is 1. The van der Waals surface area contributed by atoms with Gasteiger partial charge in [0.1, 0.15) is 10.7 Å². The molecule has 1 heterocycles. The van der Waals surface area contributed by atoms with E-state index in [0.717, 1.165) is 6.07 Å². The molecule has 0 aliphatic rings. The van der Waals surface area contributed by atoms with Gasteiger partial charge in [-0.15, -0.1) is 3.89 Å². The van der Waals surface area contributed by atoms with Gasteiger partial charge < -0.3 is 0 Å². The molecule has 3 nitrogen and oxygen atoms in total. The van der Waals surface area contributed by atoms with Crippen molar-refractivity contribution in [1.82, 2.24) is 4.98 Å². The molecule has 0 aliphatic carbocycles. The van der Waals surface area contributed by atoms with Crippen molar-refractivity contribution in [1.29, 1.82) is 0 Å². The van der Waals surface area contributed by atoms with Gasteiger partial charge in [-0.2, -0.15) is 8.42 Å². The molecule has 16 heavy (non-hydrogen) atoms. The van der Waals surface area contributed by atoms with E-state index in [2.05, 4.69) is 4.98 Å². The maximum Gasteiger partial charge on any atom is 0.332 e. The van der Waals surface area contributed by atoms with Gasteiger partial charge >= 0.3 is 10.2 Å². The van der Waals surface area contributed by atoms with Crippen LogP contribution in [0.5, 0.6) is 0 Å². The van der Waals surface area contributed by atoms with Crippen LogP contribution in [-0.2, 0) is 10.2 Å². The smallest absolute Gasteiger partial charge is 0.261 e. The SMILES string of the molecule is Cc1nccc2cc(S(=O)(=O)F)cc(F)c12. The van der Waals surface area contributed by atoms with Crippen LogP contribution in [0.25, 0.3) is 10.8 Å². The molecule has 0 saturated carbocycles. The molecule has 0 fully saturated rings. The summed E-state index contributed by atoms with van der Waals surface area (Å²) in [4.78, 5) is 3.20. The third-order valence-corrected chi connectivity index (χ3v) is 3.06. The van der Waals surface area contributed by atoms with E-state index in [1.165, 1.54) is 12.3 Å². The molecule has 0 spiro atoms. The quantitative estimate of drug-likeness (QED) is 0.722. The van der Waals surface area contributed by atoms with Crippen LogP contribution in [0, 0.1) is 12.7 Å². The predicted molar refractivity (Wildman–Crippen MR) is 54.7 cm³/mol. The van der Waals surface area contributed by atoms with Gasteiger partial charge in [0.15, 0.2) is 0 Å². The monoisotopic (exact) mass is 243 g/mol. The van der Waals surface area contributed by atoms with Crippen LogP contribution < -0.4 is 0 Å². The van der Waals surface area contributed by atoms with E-state index in [0.29, 0.717) is 17.1 Å². The molecule has 0 bridgehead atoms. The molecule has 0 aliphatic heterocycles. The summed E-state index contributed by atoms with van der Waals surface area (Å²) in [5.74, 6) is -0.792. The average Bonchev–Trinajstić information content (AvgIpc) is 2.15. The van der Waals surface area contributed by atoms with Gasteiger partial charge in [0.2, 0.25) is 0 Å². The van der Waals surface area contributed by atoms with Gasteiger partial charge in [-0.3, -0.25) is 4.98 Å². The molecule has 0 saturated heterocycles. The number of benzene rings is 1. The number of rotatable bonds is 1. The Balaban J connectivity index is 2.89. The standard InChI is InChI=1S/C10H7F2NO2S/c1-6-10-7(2-3-13-6)4-8(5-9(10)11)16(12,14)15/h2-5H,1H3. The Labute approximate surface area is 90.9 Å². The Bertz CT molecular complexity index is 668. The summed E-state index contributed by atoms with van der Waals surface area (Å²) in [5, 5.41) is 0.513. The minimum Gasteiger partial charge on any atom is -0.261 e. The van der Waals surface area contributed by atoms with E-state index in [1.807, 2.05) is 0 Å². The lowest BCUT2D eigenvalue weighted by molar-refractivity contribution is 0.550. The normalized spacial score (nSPS) is 11.9. The molecule has 0 amide bonds. The maximum atomic E-state index is 13.6. The van der Waals surface area contributed by atoms with Crippen LogP contribution >= 0.6 is 0 Å². The van der Waals surface area contributed by atoms with E-state index in [1.54, 1.807) is 6.92 Å². The first-order valence-electron chi connectivity index (χ1n) is 4.39. The van der Waals surface area contributed by atoms with E-state index < -0.39 is 20.9 Å². The van der Waals surface area contributed by atoms with Crippen molar-refractivity contribution in [3.63, 3.8) is 0 Å². The first kappa shape index (κ1) is 10.9. The number of nitrogens with zero attached hydrogens (tertiary/aromatic N) is 1. The fourth-order valence-electron chi connectivity index (χ4n) is 1.55. The van der Waals surface area contributed by atoms with E-state index in [4.69, 9.17) is 0 Å². The summed E-state index contributed by atoms with van der Waals surface area (Å²) < 4.78 is 47.6. The molecule has 84 valence electrons. The topological polar surface area (TPSA) is 47.0 Å². The van der Waals surface area contributed by atoms with E-state index >= 15 is 0 Å². The molecule has 2 aromatic rings. The van der Waals surface area contributed by atoms with Crippen molar-refractivity contribution in [3.8, 4) is 0 Å². The van der Waals surface area contributed by atoms with Crippen molar-refractivity contribution < 1.29 is 16.7 Å². The highest BCUT2D eigenvalue weighted by Crippen LogP contribution is 2.25. The van der Waals surface area contributed by atoms with Crippen molar-refractivity contribution >= 4 is 21.0 Å². The summed E-state index contributed by atoms with van der Waals surface area (Å²) in [5.41, 5.74) is 0.429. The molecule has 6 heteroatoms. The minimum atomic E-state index is -4.89. The van der Waals surface area contributed by atoms with E-state index in [9.17, 15) is 16.7 Å². The zero-order chi connectivity index (χ0) is 11.9. The highest BCUT2D eigenvalue weighted by atomic mass is 32.3. The Morgan fingerprint density at radius 2 is 2.00 bits per heavy atom. The van der Waals surface area contributed by atoms with Crippen molar-refractivity contribution in [2.45, 2.75) is 11.8 Å². The lowest BCUT2D eigenvalue weighted by Crippen LogP contribution is -1.95. The zero-order valence-electron chi connectivity index (χ0n) is 8.24. The number of halogens is 2. The highest BCUT2D eigenvalue weighted by Gasteiger charge is 2.16. The van der Waals surface area contributed by atoms with Crippen molar-refractivity contribution in [2.75, 3.05) is 0 Å². The molecular formula is C10H7F2NO2S. The van der Waals surface area contributed by atoms with Crippen LogP contribution in [0.2, 0.25) is 0 Å². The summed E-state index contributed by atoms with van der Waals surface area (Å²) >= 11 is 0. The van der Waals surface area contributed by atoms with Crippen molar-refractivity contribution in [2.24, 2.45) is 0 Å². The van der Waals surface area contributed by atoms with Crippen LogP contribution in [0.15, 0.2) is 29.3 Å². The lowest BCUT2D eigenvalue weighted by atomic mass is 10.1. The van der Waals surface area contributed by atoms with Gasteiger partial charge in [-0.05, 0) is 30.5 Å². The Morgan fingerprint density at radius 1 is 1.31 bits per heavy atom. The first-order chi connectivity index (χ1) is 7.39. The zero-order valence-corrected chi connectivity index (χ0v) is 9.05. The molecule has 2 rings (SSSR count). The predicted octanol–water partition coefficient (Wildman–Crippen LogP) is 2.34. The van der Waals surface area contributed by atoms with Gasteiger partial charge in [-0.25, -0.2) is 4.39 Å². The van der Waals surface area contributed by atoms with Crippen molar-refractivity contribution in [3.05, 3.63) is 35.9 Å². The first-order valence-corrected chi connectivity index (χ1v) is 5.77. The molecule has 1 aromatic carbocycles. The van der Waals surface area contributed by atoms with Gasteiger partial charge in [0.25, 0.3) is 0 Å². The molecule has 0 N–H and O–H groups in total. The fourth-order valence-corrected chi connectivity index (χ4v) is 2.06. The molecular weight excluding hydrogens is 236 g/mol. The number of pyridine rings is 1. The summed E-state index contributed by atoms with van der Waals surface area (Å²) in [6.07, 6.45) is 1.41. The second kappa shape index (κ2) is 3.48. The highest BCUT2D eigenvalue weighted by molar-refractivity contribution is 7.86. The minimum absolute atomic E-state index is 0.204. The molecule has 0 atom stereocenters. The van der Waals surface area contributed by atoms with Crippen LogP contribution in [0.1, 0.15) is 5.69 Å². The summed E-state index contributed by atoms with van der Waals surface area (Å²) in [6, 6.07) is 3.18. The van der Waals surface area contributed by atoms with Crippen LogP contribution in [0.3, 0.4) is 0 Å². The molecule has 0 radical (unpaired) electrons. The number of hydrogen-bond donors (Lipinski definition) is 0. The third kappa shape index (κ3) is 1.76. The second-order valence-corrected chi connectivity index (χ2v) is 4.68. The lowest BCUT2D eigenvalue weighted by Gasteiger charge is -2.04. The fraction of sp³-hybridized carbons (Fsp3) is 0.100. The maximum absolute atomic E-state index is 13.6. The van der Waals surface area contributed by atoms with Crippen LogP contribution in [-0.4, -0.2) is 13.4 Å². The Hall–Kier alpha value is -1.56. The van der Waals surface area contributed by atoms with Gasteiger partial charge in [0.05, 0.1) is 0 Å². The Morgan fingerprint density at radius 3 is 2.62 bits per heavy atom. The van der Waals surface area contributed by atoms with E-state index in [-0.39, 0.29) is 5.39 Å². The molecule has 1 aromatic heterocycles. The van der Waals surface area contributed by atoms with Gasteiger partial charge in [-0.1, -0.05) is 0 Å². The second-order valence-electron chi connectivity index (χ2n) is 3.34. The third-order valence-electron chi connectivity index (χ3n) is 2.26. The largest absolute Gasteiger partial charge is 0.332 e. The Kier molecular flexibility index (Phi) is 2.38. The van der Waals surface area contributed by atoms with Crippen LogP contribution in [0.4, 0.5) is 8.28 Å². The number of hydrogen-bond acceptors (Lipinski definition) is 3. The number of aryl methyl sites for hydroxylation is 1. The van der Waals surface area contributed by atoms with Gasteiger partial charge in [0, 0.05) is 17.3 Å². The number of fused-ring (bicyclic) bond motifs is 1. The summed E-state index contributed by atoms with van der Waals surface area (Å²) in [6.45, 7) is 1.59. The molecule has 0 unspecified atom stereocenters. The summed E-state index contributed by atoms with van der Waals surface area (Å²) in [7, 11) is -4.89. The average molecular weight is 243 g/mol.